The number of imidazole rings is 1. The predicted molar refractivity (Wildman–Crippen MR) is 143 cm³/mol. The minimum absolute atomic E-state index is 0.0465. The van der Waals surface area contributed by atoms with E-state index in [-0.39, 0.29) is 27.7 Å². The zero-order valence-corrected chi connectivity index (χ0v) is 24.9. The maximum absolute atomic E-state index is 12.5. The summed E-state index contributed by atoms with van der Waals surface area (Å²) in [6.45, 7) is -0.665. The van der Waals surface area contributed by atoms with Crippen molar-refractivity contribution in [2.75, 3.05) is 18.9 Å². The van der Waals surface area contributed by atoms with Gasteiger partial charge in [-0.05, 0) is 6.92 Å². The first-order chi connectivity index (χ1) is 20.5. The number of aliphatic hydroxyl groups is 4. The van der Waals surface area contributed by atoms with E-state index in [4.69, 9.17) is 25.5 Å². The molecule has 0 radical (unpaired) electrons. The molecule has 5 heterocycles. The Labute approximate surface area is 250 Å². The number of nitrogens with two attached hydrogens (primary N) is 2. The summed E-state index contributed by atoms with van der Waals surface area (Å²) in [6.07, 6.45) is -7.97. The van der Waals surface area contributed by atoms with Crippen molar-refractivity contribution in [3.63, 3.8) is 0 Å². The van der Waals surface area contributed by atoms with Crippen LogP contribution in [-0.4, -0.2) is 110 Å². The number of phosphoric ester groups is 2. The molecule has 10 atom stereocenters. The van der Waals surface area contributed by atoms with Gasteiger partial charge in [-0.15, -0.1) is 11.3 Å². The minimum Gasteiger partial charge on any atom is -0.387 e. The largest absolute Gasteiger partial charge is 0.481 e. The molecule has 2 aliphatic rings. The number of amides is 1. The number of aromatic nitrogens is 5. The van der Waals surface area contributed by atoms with Crippen molar-refractivity contribution in [1.82, 2.24) is 24.5 Å². The number of fused-ring (bicyclic) bond motifs is 1. The van der Waals surface area contributed by atoms with Gasteiger partial charge in [-0.25, -0.2) is 29.1 Å². The van der Waals surface area contributed by atoms with Crippen LogP contribution in [0.4, 0.5) is 5.82 Å². The fraction of sp³-hybridized carbons (Fsp3) is 0.550. The van der Waals surface area contributed by atoms with Crippen molar-refractivity contribution < 1.29 is 67.0 Å². The number of thiazole rings is 1. The van der Waals surface area contributed by atoms with E-state index in [9.17, 15) is 44.1 Å². The molecule has 5 rings (SSSR count). The van der Waals surface area contributed by atoms with Crippen LogP contribution in [-0.2, 0) is 32.0 Å². The number of ether oxygens (including phenoxy) is 2. The zero-order valence-electron chi connectivity index (χ0n) is 22.3. The third-order valence-electron chi connectivity index (χ3n) is 6.86. The maximum Gasteiger partial charge on any atom is 0.481 e. The Kier molecular flexibility index (Phi) is 8.96. The van der Waals surface area contributed by atoms with Gasteiger partial charge >= 0.3 is 15.6 Å². The molecule has 2 aliphatic heterocycles. The van der Waals surface area contributed by atoms with E-state index in [1.54, 1.807) is 0 Å². The SMILES string of the molecule is C[C@@]1(O)[C@@H](COP(=O)(O)OP(=O)(O)OC[C@H]2O[C@@H](c3nc(C(N)=O)cs3)[C@H](O)[C@@H]2O)O[C@@H](n2cnc3c(N)ncnc32)[C@@H]1O. The van der Waals surface area contributed by atoms with Gasteiger partial charge in [0, 0.05) is 5.38 Å². The molecule has 21 nitrogen and oxygen atoms in total. The Morgan fingerprint density at radius 3 is 2.45 bits per heavy atom. The van der Waals surface area contributed by atoms with Gasteiger partial charge in [0.2, 0.25) is 0 Å². The molecule has 3 aromatic heterocycles. The molecule has 2 fully saturated rings. The van der Waals surface area contributed by atoms with Crippen molar-refractivity contribution in [2.24, 2.45) is 5.73 Å². The number of carbonyl (C=O) groups excluding carboxylic acids is 1. The molecule has 10 N–H and O–H groups in total. The highest BCUT2D eigenvalue weighted by molar-refractivity contribution is 7.61. The number of aliphatic hydroxyl groups excluding tert-OH is 3. The van der Waals surface area contributed by atoms with E-state index < -0.39 is 83.2 Å². The van der Waals surface area contributed by atoms with Crippen molar-refractivity contribution >= 4 is 49.9 Å². The van der Waals surface area contributed by atoms with Crippen molar-refractivity contribution in [1.29, 1.82) is 0 Å². The second kappa shape index (κ2) is 12.0. The van der Waals surface area contributed by atoms with Crippen LogP contribution < -0.4 is 11.5 Å². The first-order valence-electron chi connectivity index (χ1n) is 12.4. The van der Waals surface area contributed by atoms with E-state index >= 15 is 0 Å². The van der Waals surface area contributed by atoms with E-state index in [1.807, 2.05) is 0 Å². The molecule has 0 aromatic carbocycles. The molecule has 242 valence electrons. The van der Waals surface area contributed by atoms with Crippen LogP contribution >= 0.6 is 27.0 Å². The molecule has 44 heavy (non-hydrogen) atoms. The van der Waals surface area contributed by atoms with E-state index in [0.717, 1.165) is 24.6 Å². The summed E-state index contributed by atoms with van der Waals surface area (Å²) < 4.78 is 51.0. The topological polar surface area (TPSA) is 327 Å². The van der Waals surface area contributed by atoms with E-state index in [1.165, 1.54) is 16.3 Å². The Morgan fingerprint density at radius 2 is 1.80 bits per heavy atom. The fourth-order valence-electron chi connectivity index (χ4n) is 4.47. The van der Waals surface area contributed by atoms with Gasteiger partial charge in [0.1, 0.15) is 64.8 Å². The van der Waals surface area contributed by atoms with Crippen LogP contribution in [0.3, 0.4) is 0 Å². The lowest BCUT2D eigenvalue weighted by atomic mass is 9.95. The van der Waals surface area contributed by atoms with E-state index in [2.05, 4.69) is 28.8 Å². The van der Waals surface area contributed by atoms with Gasteiger partial charge in [0.15, 0.2) is 17.7 Å². The number of phosphoric acid groups is 2. The number of primary amides is 1. The Morgan fingerprint density at radius 1 is 1.11 bits per heavy atom. The van der Waals surface area contributed by atoms with Crippen LogP contribution in [0, 0.1) is 0 Å². The van der Waals surface area contributed by atoms with Crippen molar-refractivity contribution in [3.8, 4) is 0 Å². The number of carbonyl (C=O) groups is 1. The molecule has 3 aromatic rings. The van der Waals surface area contributed by atoms with Gasteiger partial charge < -0.3 is 51.2 Å². The molecule has 0 spiro atoms. The molecule has 2 saturated heterocycles. The van der Waals surface area contributed by atoms with Crippen LogP contribution in [0.15, 0.2) is 18.0 Å². The lowest BCUT2D eigenvalue weighted by Gasteiger charge is -2.26. The summed E-state index contributed by atoms with van der Waals surface area (Å²) in [5.41, 5.74) is 9.08. The standard InChI is InChI=1S/C20H27N7O14P2S/c1-20(32)9(40-19(14(20)30)27-6-25-10-15(21)23-5-24-17(10)27)3-38-43(35,36)41-42(33,34)37-2-8-11(28)12(29)13(39-8)18-26-7(4-44-18)16(22)31/h4-6,8-9,11-14,19,28-30,32H,2-3H2,1H3,(H2,22,31)(H,33,34)(H,35,36)(H2,21,23,24)/t8-,9-,11-,12-,13-,14+,19-,20-/m1/s1. The highest BCUT2D eigenvalue weighted by Crippen LogP contribution is 2.61. The first-order valence-corrected chi connectivity index (χ1v) is 16.3. The number of nitrogen functional groups attached to an aromatic ring is 1. The average molecular weight is 683 g/mol. The summed E-state index contributed by atoms with van der Waals surface area (Å²) in [5, 5.41) is 43.6. The maximum atomic E-state index is 12.5. The summed E-state index contributed by atoms with van der Waals surface area (Å²) >= 11 is 0.907. The average Bonchev–Trinajstić information content (AvgIpc) is 3.69. The highest BCUT2D eigenvalue weighted by Gasteiger charge is 2.54. The second-order valence-electron chi connectivity index (χ2n) is 9.89. The summed E-state index contributed by atoms with van der Waals surface area (Å²) in [5.74, 6) is -0.786. The van der Waals surface area contributed by atoms with Gasteiger partial charge in [-0.2, -0.15) is 4.31 Å². The summed E-state index contributed by atoms with van der Waals surface area (Å²) in [6, 6.07) is 0. The van der Waals surface area contributed by atoms with Gasteiger partial charge in [-0.1, -0.05) is 0 Å². The molecule has 0 aliphatic carbocycles. The number of anilines is 1. The molecule has 1 amide bonds. The van der Waals surface area contributed by atoms with Crippen LogP contribution in [0.25, 0.3) is 11.2 Å². The highest BCUT2D eigenvalue weighted by atomic mass is 32.1. The molecule has 24 heteroatoms. The molecule has 0 saturated carbocycles. The van der Waals surface area contributed by atoms with Crippen LogP contribution in [0.2, 0.25) is 0 Å². The Balaban J connectivity index is 1.17. The summed E-state index contributed by atoms with van der Waals surface area (Å²) in [7, 11) is -10.8. The Hall–Kier alpha value is -2.53. The normalized spacial score (nSPS) is 33.4. The molecular weight excluding hydrogens is 656 g/mol. The summed E-state index contributed by atoms with van der Waals surface area (Å²) in [4.78, 5) is 47.2. The van der Waals surface area contributed by atoms with E-state index in [0.29, 0.717) is 0 Å². The lowest BCUT2D eigenvalue weighted by Crippen LogP contribution is -2.46. The fourth-order valence-corrected chi connectivity index (χ4v) is 7.43. The monoisotopic (exact) mass is 683 g/mol. The molecular formula is C20H27N7O14P2S. The smallest absolute Gasteiger partial charge is 0.387 e. The van der Waals surface area contributed by atoms with Crippen LogP contribution in [0.5, 0.6) is 0 Å². The second-order valence-corrected chi connectivity index (χ2v) is 13.8. The van der Waals surface area contributed by atoms with Gasteiger partial charge in [0.25, 0.3) is 5.91 Å². The van der Waals surface area contributed by atoms with Gasteiger partial charge in [0.05, 0.1) is 19.5 Å². The zero-order chi connectivity index (χ0) is 32.2. The number of nitrogens with zero attached hydrogens (tertiary/aromatic N) is 5. The van der Waals surface area contributed by atoms with Crippen molar-refractivity contribution in [2.45, 2.75) is 55.4 Å². The third-order valence-corrected chi connectivity index (χ3v) is 10.4. The number of hydrogen-bond acceptors (Lipinski definition) is 18. The van der Waals surface area contributed by atoms with Gasteiger partial charge in [-0.3, -0.25) is 18.4 Å². The minimum atomic E-state index is -5.40. The third kappa shape index (κ3) is 6.41. The molecule has 0 bridgehead atoms. The Bertz CT molecular complexity index is 1640. The number of rotatable bonds is 11. The predicted octanol–water partition coefficient (Wildman–Crippen LogP) is -1.91. The first kappa shape index (κ1) is 32.9. The van der Waals surface area contributed by atoms with Crippen molar-refractivity contribution in [3.05, 3.63) is 28.7 Å². The number of hydrogen-bond donors (Lipinski definition) is 8. The quantitative estimate of drug-likeness (QED) is 0.102. The molecule has 2 unspecified atom stereocenters. The lowest BCUT2D eigenvalue weighted by molar-refractivity contribution is -0.0793. The van der Waals surface area contributed by atoms with Crippen LogP contribution in [0.1, 0.15) is 34.8 Å².